The minimum absolute atomic E-state index is 0.0627. The van der Waals surface area contributed by atoms with Crippen LogP contribution in [-0.2, 0) is 18.3 Å². The van der Waals surface area contributed by atoms with Crippen molar-refractivity contribution in [3.8, 4) is 0 Å². The highest BCUT2D eigenvalue weighted by Gasteiger charge is 2.26. The molecule has 0 radical (unpaired) electrons. The number of piperazine rings is 1. The Morgan fingerprint density at radius 1 is 1.12 bits per heavy atom. The first-order valence-electron chi connectivity index (χ1n) is 8.29. The third kappa shape index (κ3) is 3.09. The lowest BCUT2D eigenvalue weighted by Gasteiger charge is -2.34. The zero-order valence-corrected chi connectivity index (χ0v) is 14.5. The molecule has 3 heterocycles. The Morgan fingerprint density at radius 3 is 2.33 bits per heavy atom. The SMILES string of the molecule is Cc1cc(C(=O)N2CCN(C(=O)Cc3ccc[nH]3)CC2)c(C)n1C. The molecule has 0 saturated carbocycles. The molecule has 0 atom stereocenters. The van der Waals surface area contributed by atoms with Gasteiger partial charge in [0.05, 0.1) is 12.0 Å². The predicted molar refractivity (Wildman–Crippen MR) is 91.9 cm³/mol. The van der Waals surface area contributed by atoms with E-state index in [-0.39, 0.29) is 11.8 Å². The second kappa shape index (κ2) is 6.55. The summed E-state index contributed by atoms with van der Waals surface area (Å²) < 4.78 is 2.03. The molecule has 0 aliphatic carbocycles. The van der Waals surface area contributed by atoms with E-state index in [9.17, 15) is 9.59 Å². The van der Waals surface area contributed by atoms with E-state index >= 15 is 0 Å². The highest BCUT2D eigenvalue weighted by molar-refractivity contribution is 5.96. The molecule has 1 aliphatic heterocycles. The Labute approximate surface area is 142 Å². The lowest BCUT2D eigenvalue weighted by atomic mass is 10.2. The molecule has 1 saturated heterocycles. The Kier molecular flexibility index (Phi) is 4.46. The van der Waals surface area contributed by atoms with Gasteiger partial charge in [0.2, 0.25) is 5.91 Å². The summed E-state index contributed by atoms with van der Waals surface area (Å²) in [7, 11) is 1.97. The van der Waals surface area contributed by atoms with Gasteiger partial charge in [-0.25, -0.2) is 0 Å². The van der Waals surface area contributed by atoms with Crippen molar-refractivity contribution in [3.05, 3.63) is 47.0 Å². The average Bonchev–Trinajstić information content (AvgIpc) is 3.18. The first-order valence-corrected chi connectivity index (χ1v) is 8.29. The van der Waals surface area contributed by atoms with Gasteiger partial charge in [0.15, 0.2) is 0 Å². The molecule has 0 unspecified atom stereocenters. The van der Waals surface area contributed by atoms with Gasteiger partial charge in [0.1, 0.15) is 0 Å². The fourth-order valence-electron chi connectivity index (χ4n) is 3.15. The zero-order valence-electron chi connectivity index (χ0n) is 14.5. The van der Waals surface area contributed by atoms with Crippen molar-refractivity contribution in [2.24, 2.45) is 7.05 Å². The molecule has 128 valence electrons. The first-order chi connectivity index (χ1) is 11.5. The van der Waals surface area contributed by atoms with E-state index in [2.05, 4.69) is 4.98 Å². The number of H-pyrrole nitrogens is 1. The van der Waals surface area contributed by atoms with Gasteiger partial charge in [0, 0.05) is 56.5 Å². The average molecular weight is 328 g/mol. The van der Waals surface area contributed by atoms with Gasteiger partial charge in [-0.3, -0.25) is 9.59 Å². The molecular formula is C18H24N4O2. The number of amides is 2. The fraction of sp³-hybridized carbons (Fsp3) is 0.444. The maximum absolute atomic E-state index is 12.7. The predicted octanol–water partition coefficient (Wildman–Crippen LogP) is 1.50. The van der Waals surface area contributed by atoms with Crippen molar-refractivity contribution in [3.63, 3.8) is 0 Å². The van der Waals surface area contributed by atoms with Crippen LogP contribution in [0, 0.1) is 13.8 Å². The molecule has 1 fully saturated rings. The van der Waals surface area contributed by atoms with Crippen molar-refractivity contribution in [1.82, 2.24) is 19.4 Å². The smallest absolute Gasteiger partial charge is 0.255 e. The summed E-state index contributed by atoms with van der Waals surface area (Å²) >= 11 is 0. The second-order valence-electron chi connectivity index (χ2n) is 6.39. The number of carbonyl (C=O) groups is 2. The summed E-state index contributed by atoms with van der Waals surface area (Å²) in [6.07, 6.45) is 2.21. The van der Waals surface area contributed by atoms with Crippen molar-refractivity contribution in [1.29, 1.82) is 0 Å². The minimum atomic E-state index is 0.0627. The van der Waals surface area contributed by atoms with Gasteiger partial charge in [-0.2, -0.15) is 0 Å². The number of aromatic nitrogens is 2. The standard InChI is InChI=1S/C18H24N4O2/c1-13-11-16(14(2)20(13)3)18(24)22-9-7-21(8-10-22)17(23)12-15-5-4-6-19-15/h4-6,11,19H,7-10,12H2,1-3H3. The van der Waals surface area contributed by atoms with Crippen molar-refractivity contribution >= 4 is 11.8 Å². The van der Waals surface area contributed by atoms with Crippen LogP contribution in [0.1, 0.15) is 27.4 Å². The molecule has 0 spiro atoms. The maximum atomic E-state index is 12.7. The monoisotopic (exact) mass is 328 g/mol. The van der Waals surface area contributed by atoms with Gasteiger partial charge >= 0.3 is 0 Å². The van der Waals surface area contributed by atoms with E-state index in [0.29, 0.717) is 32.6 Å². The topological polar surface area (TPSA) is 61.3 Å². The third-order valence-electron chi connectivity index (χ3n) is 4.93. The number of hydrogen-bond acceptors (Lipinski definition) is 2. The lowest BCUT2D eigenvalue weighted by molar-refractivity contribution is -0.132. The summed E-state index contributed by atoms with van der Waals surface area (Å²) in [5, 5.41) is 0. The molecular weight excluding hydrogens is 304 g/mol. The number of nitrogens with one attached hydrogen (secondary N) is 1. The zero-order chi connectivity index (χ0) is 17.3. The normalized spacial score (nSPS) is 15.0. The van der Waals surface area contributed by atoms with E-state index < -0.39 is 0 Å². The summed E-state index contributed by atoms with van der Waals surface area (Å²) in [4.78, 5) is 31.8. The Morgan fingerprint density at radius 2 is 1.79 bits per heavy atom. The number of aryl methyl sites for hydroxylation is 1. The molecule has 1 aliphatic rings. The Bertz CT molecular complexity index is 737. The van der Waals surface area contributed by atoms with Crippen LogP contribution in [0.2, 0.25) is 0 Å². The number of nitrogens with zero attached hydrogens (tertiary/aromatic N) is 3. The van der Waals surface area contributed by atoms with Gasteiger partial charge in [-0.1, -0.05) is 0 Å². The highest BCUT2D eigenvalue weighted by atomic mass is 16.2. The molecule has 2 amide bonds. The Balaban J connectivity index is 1.59. The molecule has 6 heteroatoms. The van der Waals surface area contributed by atoms with Crippen LogP contribution >= 0.6 is 0 Å². The van der Waals surface area contributed by atoms with E-state index in [1.807, 2.05) is 59.7 Å². The summed E-state index contributed by atoms with van der Waals surface area (Å²) in [5.41, 5.74) is 3.76. The molecule has 2 aromatic heterocycles. The lowest BCUT2D eigenvalue weighted by Crippen LogP contribution is -2.51. The van der Waals surface area contributed by atoms with E-state index in [1.54, 1.807) is 0 Å². The molecule has 1 N–H and O–H groups in total. The summed E-state index contributed by atoms with van der Waals surface area (Å²) in [5.74, 6) is 0.170. The number of carbonyl (C=O) groups excluding carboxylic acids is 2. The van der Waals surface area contributed by atoms with E-state index in [0.717, 1.165) is 22.6 Å². The largest absolute Gasteiger partial charge is 0.365 e. The second-order valence-corrected chi connectivity index (χ2v) is 6.39. The van der Waals surface area contributed by atoms with Crippen LogP contribution in [-0.4, -0.2) is 57.3 Å². The van der Waals surface area contributed by atoms with Gasteiger partial charge < -0.3 is 19.4 Å². The third-order valence-corrected chi connectivity index (χ3v) is 4.93. The van der Waals surface area contributed by atoms with Crippen LogP contribution in [0.15, 0.2) is 24.4 Å². The quantitative estimate of drug-likeness (QED) is 0.928. The summed E-state index contributed by atoms with van der Waals surface area (Å²) in [6, 6.07) is 5.75. The molecule has 2 aromatic rings. The molecule has 24 heavy (non-hydrogen) atoms. The number of rotatable bonds is 3. The van der Waals surface area contributed by atoms with Crippen molar-refractivity contribution in [2.75, 3.05) is 26.2 Å². The van der Waals surface area contributed by atoms with Gasteiger partial charge in [-0.05, 0) is 32.0 Å². The Hall–Kier alpha value is -2.50. The molecule has 0 aromatic carbocycles. The van der Waals surface area contributed by atoms with Crippen LogP contribution in [0.5, 0.6) is 0 Å². The maximum Gasteiger partial charge on any atom is 0.255 e. The molecule has 0 bridgehead atoms. The summed E-state index contributed by atoms with van der Waals surface area (Å²) in [6.45, 7) is 6.33. The first kappa shape index (κ1) is 16.4. The number of hydrogen-bond donors (Lipinski definition) is 1. The van der Waals surface area contributed by atoms with Crippen LogP contribution in [0.3, 0.4) is 0 Å². The number of aromatic amines is 1. The van der Waals surface area contributed by atoms with E-state index in [1.165, 1.54) is 0 Å². The van der Waals surface area contributed by atoms with Crippen LogP contribution < -0.4 is 0 Å². The van der Waals surface area contributed by atoms with Gasteiger partial charge in [0.25, 0.3) is 5.91 Å². The minimum Gasteiger partial charge on any atom is -0.365 e. The van der Waals surface area contributed by atoms with Gasteiger partial charge in [-0.15, -0.1) is 0 Å². The fourth-order valence-corrected chi connectivity index (χ4v) is 3.15. The molecule has 6 nitrogen and oxygen atoms in total. The van der Waals surface area contributed by atoms with Crippen LogP contribution in [0.4, 0.5) is 0 Å². The van der Waals surface area contributed by atoms with Crippen molar-refractivity contribution < 1.29 is 9.59 Å². The molecule has 3 rings (SSSR count). The van der Waals surface area contributed by atoms with Crippen molar-refractivity contribution in [2.45, 2.75) is 20.3 Å². The van der Waals surface area contributed by atoms with E-state index in [4.69, 9.17) is 0 Å². The highest BCUT2D eigenvalue weighted by Crippen LogP contribution is 2.17. The van der Waals surface area contributed by atoms with Crippen LogP contribution in [0.25, 0.3) is 0 Å².